The summed E-state index contributed by atoms with van der Waals surface area (Å²) in [4.78, 5) is 12.2. The molecule has 1 aliphatic rings. The first-order valence-corrected chi connectivity index (χ1v) is 7.49. The lowest BCUT2D eigenvalue weighted by Gasteiger charge is -2.13. The molecule has 0 unspecified atom stereocenters. The fraction of sp³-hybridized carbons (Fsp3) is 0.375. The van der Waals surface area contributed by atoms with Crippen LogP contribution in [0.25, 0.3) is 0 Å². The number of H-pyrrole nitrogens is 1. The van der Waals surface area contributed by atoms with E-state index in [0.29, 0.717) is 25.4 Å². The topological polar surface area (TPSA) is 79.0 Å². The number of aromatic nitrogens is 2. The van der Waals surface area contributed by atoms with Gasteiger partial charge in [-0.1, -0.05) is 18.2 Å². The van der Waals surface area contributed by atoms with Gasteiger partial charge in [0.05, 0.1) is 6.54 Å². The van der Waals surface area contributed by atoms with Gasteiger partial charge >= 0.3 is 0 Å². The number of aromatic amines is 1. The summed E-state index contributed by atoms with van der Waals surface area (Å²) >= 11 is 0. The second kappa shape index (κ2) is 6.62. The molecule has 0 atom stereocenters. The van der Waals surface area contributed by atoms with Crippen LogP contribution in [-0.4, -0.2) is 35.8 Å². The summed E-state index contributed by atoms with van der Waals surface area (Å²) in [6, 6.07) is 7.83. The molecule has 0 bridgehead atoms. The van der Waals surface area contributed by atoms with E-state index < -0.39 is 0 Å². The predicted octanol–water partition coefficient (Wildman–Crippen LogP) is 1.17. The molecule has 0 saturated carbocycles. The first-order chi connectivity index (χ1) is 10.8. The number of rotatable bonds is 5. The van der Waals surface area contributed by atoms with Crippen molar-refractivity contribution in [3.05, 3.63) is 46.8 Å². The van der Waals surface area contributed by atoms with Crippen molar-refractivity contribution in [2.45, 2.75) is 19.9 Å². The third-order valence-electron chi connectivity index (χ3n) is 3.76. The van der Waals surface area contributed by atoms with Crippen LogP contribution in [0.4, 0.5) is 0 Å². The Hall–Kier alpha value is -2.34. The summed E-state index contributed by atoms with van der Waals surface area (Å²) in [6.45, 7) is 4.48. The number of nitrogens with zero attached hydrogens (tertiary/aromatic N) is 1. The molecular formula is C16H20N4O2. The maximum absolute atomic E-state index is 12.2. The molecule has 3 rings (SSSR count). The lowest BCUT2D eigenvalue weighted by Crippen LogP contribution is -2.31. The molecule has 6 nitrogen and oxygen atoms in total. The van der Waals surface area contributed by atoms with E-state index in [1.54, 1.807) is 0 Å². The Kier molecular flexibility index (Phi) is 4.39. The third kappa shape index (κ3) is 3.12. The number of hydrogen-bond donors (Lipinski definition) is 3. The Balaban J connectivity index is 1.51. The SMILES string of the molecule is Cc1ccccc1OCCNC(=O)c1n[nH]c2c1CNCC2. The maximum atomic E-state index is 12.2. The van der Waals surface area contributed by atoms with Gasteiger partial charge in [0.25, 0.3) is 5.91 Å². The van der Waals surface area contributed by atoms with E-state index in [-0.39, 0.29) is 5.91 Å². The Labute approximate surface area is 129 Å². The van der Waals surface area contributed by atoms with Crippen LogP contribution in [0.2, 0.25) is 0 Å². The van der Waals surface area contributed by atoms with Crippen LogP contribution in [-0.2, 0) is 13.0 Å². The van der Waals surface area contributed by atoms with Gasteiger partial charge in [-0.2, -0.15) is 5.10 Å². The zero-order chi connectivity index (χ0) is 15.4. The van der Waals surface area contributed by atoms with Crippen LogP contribution in [0.5, 0.6) is 5.75 Å². The maximum Gasteiger partial charge on any atom is 0.272 e. The van der Waals surface area contributed by atoms with Crippen LogP contribution < -0.4 is 15.4 Å². The smallest absolute Gasteiger partial charge is 0.272 e. The number of aryl methyl sites for hydroxylation is 1. The molecule has 0 saturated heterocycles. The van der Waals surface area contributed by atoms with Crippen molar-refractivity contribution >= 4 is 5.91 Å². The summed E-state index contributed by atoms with van der Waals surface area (Å²) < 4.78 is 5.66. The van der Waals surface area contributed by atoms with E-state index >= 15 is 0 Å². The van der Waals surface area contributed by atoms with Crippen molar-refractivity contribution in [3.8, 4) is 5.75 Å². The van der Waals surface area contributed by atoms with Gasteiger partial charge in [0.1, 0.15) is 12.4 Å². The highest BCUT2D eigenvalue weighted by Gasteiger charge is 2.21. The molecule has 116 valence electrons. The summed E-state index contributed by atoms with van der Waals surface area (Å²) in [7, 11) is 0. The molecular weight excluding hydrogens is 280 g/mol. The number of carbonyl (C=O) groups is 1. The quantitative estimate of drug-likeness (QED) is 0.724. The van der Waals surface area contributed by atoms with Crippen molar-refractivity contribution in [2.75, 3.05) is 19.7 Å². The highest BCUT2D eigenvalue weighted by Crippen LogP contribution is 2.16. The molecule has 0 fully saturated rings. The minimum absolute atomic E-state index is 0.158. The van der Waals surface area contributed by atoms with Gasteiger partial charge in [-0.15, -0.1) is 0 Å². The molecule has 6 heteroatoms. The Morgan fingerprint density at radius 1 is 1.41 bits per heavy atom. The lowest BCUT2D eigenvalue weighted by atomic mass is 10.1. The van der Waals surface area contributed by atoms with Gasteiger partial charge in [0, 0.05) is 30.8 Å². The fourth-order valence-corrected chi connectivity index (χ4v) is 2.54. The molecule has 0 spiro atoms. The summed E-state index contributed by atoms with van der Waals surface area (Å²) in [5, 5.41) is 13.2. The van der Waals surface area contributed by atoms with Crippen molar-refractivity contribution in [2.24, 2.45) is 0 Å². The molecule has 3 N–H and O–H groups in total. The van der Waals surface area contributed by atoms with Crippen LogP contribution in [0.1, 0.15) is 27.3 Å². The normalized spacial score (nSPS) is 13.5. The van der Waals surface area contributed by atoms with E-state index in [1.165, 1.54) is 0 Å². The monoisotopic (exact) mass is 300 g/mol. The second-order valence-corrected chi connectivity index (χ2v) is 5.33. The van der Waals surface area contributed by atoms with E-state index in [4.69, 9.17) is 4.74 Å². The first kappa shape index (κ1) is 14.6. The van der Waals surface area contributed by atoms with Gasteiger partial charge in [-0.3, -0.25) is 9.89 Å². The molecule has 2 aromatic rings. The average molecular weight is 300 g/mol. The number of carbonyl (C=O) groups excluding carboxylic acids is 1. The Morgan fingerprint density at radius 3 is 3.14 bits per heavy atom. The molecule has 1 amide bonds. The molecule has 0 aliphatic carbocycles. The highest BCUT2D eigenvalue weighted by molar-refractivity contribution is 5.94. The highest BCUT2D eigenvalue weighted by atomic mass is 16.5. The van der Waals surface area contributed by atoms with E-state index in [9.17, 15) is 4.79 Å². The van der Waals surface area contributed by atoms with Crippen LogP contribution in [0.3, 0.4) is 0 Å². The van der Waals surface area contributed by atoms with Crippen LogP contribution in [0.15, 0.2) is 24.3 Å². The molecule has 2 heterocycles. The average Bonchev–Trinajstić information content (AvgIpc) is 2.97. The van der Waals surface area contributed by atoms with E-state index in [0.717, 1.165) is 35.5 Å². The summed E-state index contributed by atoms with van der Waals surface area (Å²) in [6.07, 6.45) is 0.881. The molecule has 1 aromatic carbocycles. The second-order valence-electron chi connectivity index (χ2n) is 5.33. The third-order valence-corrected chi connectivity index (χ3v) is 3.76. The number of amides is 1. The van der Waals surface area contributed by atoms with Crippen molar-refractivity contribution < 1.29 is 9.53 Å². The fourth-order valence-electron chi connectivity index (χ4n) is 2.54. The number of ether oxygens (including phenoxy) is 1. The minimum atomic E-state index is -0.158. The van der Waals surface area contributed by atoms with Crippen LogP contribution >= 0.6 is 0 Å². The number of para-hydroxylation sites is 1. The lowest BCUT2D eigenvalue weighted by molar-refractivity contribution is 0.0941. The van der Waals surface area contributed by atoms with Crippen molar-refractivity contribution in [1.82, 2.24) is 20.8 Å². The molecule has 22 heavy (non-hydrogen) atoms. The summed E-state index contributed by atoms with van der Waals surface area (Å²) in [5.41, 5.74) is 3.60. The molecule has 1 aromatic heterocycles. The van der Waals surface area contributed by atoms with Gasteiger partial charge in [-0.05, 0) is 18.6 Å². The predicted molar refractivity (Wildman–Crippen MR) is 83.0 cm³/mol. The van der Waals surface area contributed by atoms with E-state index in [2.05, 4.69) is 20.8 Å². The number of fused-ring (bicyclic) bond motifs is 1. The Bertz CT molecular complexity index is 666. The number of benzene rings is 1. The van der Waals surface area contributed by atoms with Gasteiger partial charge in [0.2, 0.25) is 0 Å². The number of hydrogen-bond acceptors (Lipinski definition) is 4. The minimum Gasteiger partial charge on any atom is -0.491 e. The largest absolute Gasteiger partial charge is 0.491 e. The van der Waals surface area contributed by atoms with Gasteiger partial charge < -0.3 is 15.4 Å². The van der Waals surface area contributed by atoms with Crippen molar-refractivity contribution in [3.63, 3.8) is 0 Å². The van der Waals surface area contributed by atoms with Gasteiger partial charge in [-0.25, -0.2) is 0 Å². The zero-order valence-corrected chi connectivity index (χ0v) is 12.6. The van der Waals surface area contributed by atoms with E-state index in [1.807, 2.05) is 31.2 Å². The molecule has 1 aliphatic heterocycles. The Morgan fingerprint density at radius 2 is 2.27 bits per heavy atom. The molecule has 0 radical (unpaired) electrons. The zero-order valence-electron chi connectivity index (χ0n) is 12.6. The standard InChI is InChI=1S/C16H20N4O2/c1-11-4-2-3-5-14(11)22-9-8-18-16(21)15-12-10-17-7-6-13(12)19-20-15/h2-5,17H,6-10H2,1H3,(H,18,21)(H,19,20). The van der Waals surface area contributed by atoms with Gasteiger partial charge in [0.15, 0.2) is 5.69 Å². The number of nitrogens with one attached hydrogen (secondary N) is 3. The van der Waals surface area contributed by atoms with Crippen molar-refractivity contribution in [1.29, 1.82) is 0 Å². The summed E-state index contributed by atoms with van der Waals surface area (Å²) in [5.74, 6) is 0.688. The first-order valence-electron chi connectivity index (χ1n) is 7.49. The van der Waals surface area contributed by atoms with Crippen LogP contribution in [0, 0.1) is 6.92 Å².